The molecule has 0 heterocycles. The van der Waals surface area contributed by atoms with Gasteiger partial charge in [-0.3, -0.25) is 10.5 Å². The van der Waals surface area contributed by atoms with Gasteiger partial charge in [-0.1, -0.05) is 6.08 Å². The van der Waals surface area contributed by atoms with E-state index in [-0.39, 0.29) is 0 Å². The molecule has 0 radical (unpaired) electrons. The molecule has 90 valence electrons. The Morgan fingerprint density at radius 2 is 2.12 bits per heavy atom. The molecule has 1 aliphatic carbocycles. The Kier molecular flexibility index (Phi) is 3.09. The van der Waals surface area contributed by atoms with E-state index in [9.17, 15) is 22.4 Å². The highest BCUT2D eigenvalue weighted by Gasteiger charge is 2.44. The Balaban J connectivity index is 3.09. The molecule has 0 fully saturated rings. The van der Waals surface area contributed by atoms with E-state index in [0.29, 0.717) is 18.2 Å². The van der Waals surface area contributed by atoms with Gasteiger partial charge in [0.1, 0.15) is 5.92 Å². The lowest BCUT2D eigenvalue weighted by Crippen LogP contribution is -2.46. The molecule has 0 aliphatic heterocycles. The van der Waals surface area contributed by atoms with Crippen LogP contribution in [0.1, 0.15) is 0 Å². The third-order valence-corrected chi connectivity index (χ3v) is 2.12. The van der Waals surface area contributed by atoms with Gasteiger partial charge in [0.2, 0.25) is 0 Å². The first kappa shape index (κ1) is 12.7. The van der Waals surface area contributed by atoms with E-state index in [1.807, 2.05) is 0 Å². The Morgan fingerprint density at radius 3 is 2.56 bits per heavy atom. The Morgan fingerprint density at radius 1 is 1.56 bits per heavy atom. The van der Waals surface area contributed by atoms with Crippen molar-refractivity contribution < 1.29 is 27.1 Å². The Bertz CT molecular complexity index is 357. The van der Waals surface area contributed by atoms with E-state index in [1.165, 1.54) is 0 Å². The van der Waals surface area contributed by atoms with Crippen molar-refractivity contribution in [3.8, 4) is 0 Å². The molecule has 2 atom stereocenters. The molecular formula is C9H9F4NO2. The molecule has 0 spiro atoms. The number of rotatable bonds is 1. The van der Waals surface area contributed by atoms with E-state index >= 15 is 0 Å². The zero-order valence-electron chi connectivity index (χ0n) is 8.22. The van der Waals surface area contributed by atoms with Gasteiger partial charge in [0.25, 0.3) is 0 Å². The van der Waals surface area contributed by atoms with Gasteiger partial charge in [-0.25, -0.2) is 4.39 Å². The SMILES string of the molecule is COC(=O)C1C=C(C(F)(F)F)C=CC1(N)F. The zero-order chi connectivity index (χ0) is 12.6. The predicted octanol–water partition coefficient (Wildman–Crippen LogP) is 1.46. The summed E-state index contributed by atoms with van der Waals surface area (Å²) < 4.78 is 54.6. The Labute approximate surface area is 88.6 Å². The molecule has 0 aromatic rings. The van der Waals surface area contributed by atoms with E-state index < -0.39 is 29.4 Å². The van der Waals surface area contributed by atoms with Crippen LogP contribution in [0.2, 0.25) is 0 Å². The smallest absolute Gasteiger partial charge is 0.416 e. The van der Waals surface area contributed by atoms with Crippen LogP contribution in [0.15, 0.2) is 23.8 Å². The average molecular weight is 239 g/mol. The largest absolute Gasteiger partial charge is 0.468 e. The van der Waals surface area contributed by atoms with Crippen LogP contribution in [0.5, 0.6) is 0 Å². The molecule has 1 aliphatic rings. The number of carbonyl (C=O) groups excluding carboxylic acids is 1. The number of allylic oxidation sites excluding steroid dienone is 2. The zero-order valence-corrected chi connectivity index (χ0v) is 8.22. The van der Waals surface area contributed by atoms with Gasteiger partial charge in [0.15, 0.2) is 5.79 Å². The van der Waals surface area contributed by atoms with Crippen molar-refractivity contribution in [2.45, 2.75) is 12.0 Å². The first-order valence-corrected chi connectivity index (χ1v) is 4.22. The molecule has 16 heavy (non-hydrogen) atoms. The second-order valence-electron chi connectivity index (χ2n) is 3.28. The topological polar surface area (TPSA) is 52.3 Å². The fourth-order valence-corrected chi connectivity index (χ4v) is 1.25. The summed E-state index contributed by atoms with van der Waals surface area (Å²) in [5, 5.41) is 0. The summed E-state index contributed by atoms with van der Waals surface area (Å²) in [6.45, 7) is 0. The fourth-order valence-electron chi connectivity index (χ4n) is 1.25. The van der Waals surface area contributed by atoms with Crippen molar-refractivity contribution in [3.63, 3.8) is 0 Å². The lowest BCUT2D eigenvalue weighted by atomic mass is 9.89. The average Bonchev–Trinajstić information content (AvgIpc) is 2.14. The van der Waals surface area contributed by atoms with Gasteiger partial charge in [0, 0.05) is 0 Å². The lowest BCUT2D eigenvalue weighted by Gasteiger charge is -2.27. The van der Waals surface area contributed by atoms with Gasteiger partial charge < -0.3 is 4.74 Å². The summed E-state index contributed by atoms with van der Waals surface area (Å²) in [6, 6.07) is 0. The van der Waals surface area contributed by atoms with Crippen LogP contribution >= 0.6 is 0 Å². The van der Waals surface area contributed by atoms with Crippen LogP contribution in [0.25, 0.3) is 0 Å². The van der Waals surface area contributed by atoms with E-state index in [1.54, 1.807) is 0 Å². The molecule has 0 saturated carbocycles. The summed E-state index contributed by atoms with van der Waals surface area (Å²) in [7, 11) is 0.942. The van der Waals surface area contributed by atoms with E-state index in [0.717, 1.165) is 7.11 Å². The maximum absolute atomic E-state index is 13.5. The standard InChI is InChI=1S/C9H9F4NO2/c1-16-7(15)6-4-5(9(11,12)13)2-3-8(6,10)14/h2-4,6H,14H2,1H3. The predicted molar refractivity (Wildman–Crippen MR) is 46.8 cm³/mol. The second kappa shape index (κ2) is 3.89. The minimum atomic E-state index is -4.65. The summed E-state index contributed by atoms with van der Waals surface area (Å²) in [6.07, 6.45) is -3.23. The number of alkyl halides is 4. The monoisotopic (exact) mass is 239 g/mol. The quantitative estimate of drug-likeness (QED) is 0.428. The molecule has 0 amide bonds. The molecule has 3 nitrogen and oxygen atoms in total. The van der Waals surface area contributed by atoms with Gasteiger partial charge in [-0.2, -0.15) is 13.2 Å². The summed E-state index contributed by atoms with van der Waals surface area (Å²) in [5.41, 5.74) is 3.91. The van der Waals surface area contributed by atoms with Gasteiger partial charge in [0.05, 0.1) is 12.7 Å². The van der Waals surface area contributed by atoms with E-state index in [4.69, 9.17) is 5.73 Å². The number of hydrogen-bond acceptors (Lipinski definition) is 3. The summed E-state index contributed by atoms with van der Waals surface area (Å²) >= 11 is 0. The first-order chi connectivity index (χ1) is 7.18. The van der Waals surface area contributed by atoms with Crippen molar-refractivity contribution in [1.29, 1.82) is 0 Å². The molecular weight excluding hydrogens is 230 g/mol. The highest BCUT2D eigenvalue weighted by atomic mass is 19.4. The number of halogens is 4. The van der Waals surface area contributed by atoms with E-state index in [2.05, 4.69) is 4.74 Å². The molecule has 7 heteroatoms. The van der Waals surface area contributed by atoms with Crippen molar-refractivity contribution in [2.75, 3.05) is 7.11 Å². The normalized spacial score (nSPS) is 29.9. The summed E-state index contributed by atoms with van der Waals surface area (Å²) in [5.74, 6) is -5.61. The van der Waals surface area contributed by atoms with Crippen LogP contribution in [0.3, 0.4) is 0 Å². The molecule has 2 unspecified atom stereocenters. The van der Waals surface area contributed by atoms with Gasteiger partial charge in [-0.15, -0.1) is 0 Å². The maximum Gasteiger partial charge on any atom is 0.416 e. The second-order valence-corrected chi connectivity index (χ2v) is 3.28. The number of carbonyl (C=O) groups is 1. The number of ether oxygens (including phenoxy) is 1. The molecule has 0 bridgehead atoms. The minimum Gasteiger partial charge on any atom is -0.468 e. The molecule has 2 N–H and O–H groups in total. The number of hydrogen-bond donors (Lipinski definition) is 1. The van der Waals surface area contributed by atoms with Crippen LogP contribution in [0.4, 0.5) is 17.6 Å². The van der Waals surface area contributed by atoms with Crippen molar-refractivity contribution in [1.82, 2.24) is 0 Å². The van der Waals surface area contributed by atoms with Crippen LogP contribution < -0.4 is 5.73 Å². The maximum atomic E-state index is 13.5. The van der Waals surface area contributed by atoms with Crippen molar-refractivity contribution in [3.05, 3.63) is 23.8 Å². The van der Waals surface area contributed by atoms with Crippen molar-refractivity contribution >= 4 is 5.97 Å². The lowest BCUT2D eigenvalue weighted by molar-refractivity contribution is -0.147. The molecule has 0 saturated heterocycles. The molecule has 0 aromatic heterocycles. The third kappa shape index (κ3) is 2.41. The van der Waals surface area contributed by atoms with Crippen molar-refractivity contribution in [2.24, 2.45) is 11.7 Å². The number of esters is 1. The minimum absolute atomic E-state index is 0.422. The van der Waals surface area contributed by atoms with Crippen LogP contribution in [0, 0.1) is 5.92 Å². The molecule has 0 aromatic carbocycles. The number of methoxy groups -OCH3 is 1. The number of nitrogens with two attached hydrogens (primary N) is 1. The first-order valence-electron chi connectivity index (χ1n) is 4.22. The Hall–Kier alpha value is -1.37. The highest BCUT2D eigenvalue weighted by Crippen LogP contribution is 2.35. The van der Waals surface area contributed by atoms with Crippen LogP contribution in [-0.4, -0.2) is 25.0 Å². The van der Waals surface area contributed by atoms with Crippen LogP contribution in [-0.2, 0) is 9.53 Å². The van der Waals surface area contributed by atoms with Gasteiger partial charge in [-0.05, 0) is 12.2 Å². The fraction of sp³-hybridized carbons (Fsp3) is 0.444. The molecule has 1 rings (SSSR count). The van der Waals surface area contributed by atoms with Gasteiger partial charge >= 0.3 is 12.1 Å². The third-order valence-electron chi connectivity index (χ3n) is 2.12. The summed E-state index contributed by atoms with van der Waals surface area (Å²) in [4.78, 5) is 11.1. The highest BCUT2D eigenvalue weighted by molar-refractivity contribution is 5.77.